The number of hydrogen-bond acceptors (Lipinski definition) is 3. The van der Waals surface area contributed by atoms with Crippen molar-refractivity contribution in [3.63, 3.8) is 0 Å². The number of hydrogen-bond donors (Lipinski definition) is 1. The second-order valence-electron chi connectivity index (χ2n) is 5.85. The first-order valence-corrected chi connectivity index (χ1v) is 8.03. The first kappa shape index (κ1) is 20.7. The third-order valence-electron chi connectivity index (χ3n) is 3.93. The van der Waals surface area contributed by atoms with Crippen LogP contribution >= 0.6 is 12.2 Å². The van der Waals surface area contributed by atoms with Crippen molar-refractivity contribution < 1.29 is 35.5 Å². The Morgan fingerprint density at radius 3 is 1.72 bits per heavy atom. The van der Waals surface area contributed by atoms with Crippen molar-refractivity contribution in [3.8, 4) is 0 Å². The average molecular weight is 435 g/mol. The number of amides is 2. The van der Waals surface area contributed by atoms with E-state index in [9.17, 15) is 35.5 Å². The Kier molecular flexibility index (Phi) is 4.85. The molecule has 0 aromatic heterocycles. The van der Waals surface area contributed by atoms with E-state index >= 15 is 0 Å². The lowest BCUT2D eigenvalue weighted by atomic mass is 10.1. The molecule has 0 bridgehead atoms. The fourth-order valence-corrected chi connectivity index (χ4v) is 2.88. The van der Waals surface area contributed by atoms with Gasteiger partial charge < -0.3 is 0 Å². The summed E-state index contributed by atoms with van der Waals surface area (Å²) in [6, 6.07) is 3.58. The van der Waals surface area contributed by atoms with Gasteiger partial charge in [-0.2, -0.15) is 26.3 Å². The monoisotopic (exact) mass is 435 g/mol. The molecule has 1 N–H and O–H groups in total. The Labute approximate surface area is 163 Å². The van der Waals surface area contributed by atoms with Gasteiger partial charge in [0.2, 0.25) is 0 Å². The van der Waals surface area contributed by atoms with Crippen LogP contribution in [-0.4, -0.2) is 16.9 Å². The summed E-state index contributed by atoms with van der Waals surface area (Å²) in [6.45, 7) is 0. The Hall–Kier alpha value is -3.02. The third-order valence-corrected chi connectivity index (χ3v) is 4.30. The highest BCUT2D eigenvalue weighted by molar-refractivity contribution is 7.82. The van der Waals surface area contributed by atoms with Gasteiger partial charge in [-0.25, -0.2) is 19.0 Å². The maximum absolute atomic E-state index is 13.1. The van der Waals surface area contributed by atoms with Crippen molar-refractivity contribution in [3.05, 3.63) is 59.4 Å². The smallest absolute Gasteiger partial charge is 0.281 e. The summed E-state index contributed by atoms with van der Waals surface area (Å²) in [7, 11) is 0. The Balaban J connectivity index is 2.12. The second kappa shape index (κ2) is 6.79. The van der Waals surface area contributed by atoms with E-state index in [2.05, 4.69) is 0 Å². The van der Waals surface area contributed by atoms with Crippen LogP contribution in [0.1, 0.15) is 11.1 Å². The lowest BCUT2D eigenvalue weighted by Crippen LogP contribution is -2.33. The first-order chi connectivity index (χ1) is 13.3. The van der Waals surface area contributed by atoms with Gasteiger partial charge in [0.1, 0.15) is 5.82 Å². The van der Waals surface area contributed by atoms with Gasteiger partial charge in [-0.15, -0.1) is 0 Å². The van der Waals surface area contributed by atoms with Gasteiger partial charge in [0.25, 0.3) is 0 Å². The molecule has 1 fully saturated rings. The summed E-state index contributed by atoms with van der Waals surface area (Å²) in [4.78, 5) is 13.3. The van der Waals surface area contributed by atoms with E-state index < -0.39 is 51.8 Å². The molecule has 1 aliphatic heterocycles. The molecule has 2 amide bonds. The number of alkyl halides is 6. The fourth-order valence-electron chi connectivity index (χ4n) is 2.61. The number of carbonyl (C=O) groups is 1. The van der Waals surface area contributed by atoms with Gasteiger partial charge in [0.15, 0.2) is 10.8 Å². The molecule has 2 aromatic carbocycles. The highest BCUT2D eigenvalue weighted by Gasteiger charge is 2.43. The number of urea groups is 1. The maximum Gasteiger partial charge on any atom is 0.416 e. The van der Waals surface area contributed by atoms with Crippen molar-refractivity contribution in [2.75, 3.05) is 9.80 Å². The van der Waals surface area contributed by atoms with Crippen LogP contribution in [0, 0.1) is 11.2 Å². The lowest BCUT2D eigenvalue weighted by Gasteiger charge is -2.20. The molecule has 152 valence electrons. The minimum absolute atomic E-state index is 0.00308. The molecule has 1 heterocycles. The molecule has 0 saturated carbocycles. The Bertz CT molecular complexity index is 983. The molecule has 3 rings (SSSR count). The van der Waals surface area contributed by atoms with Crippen LogP contribution in [0.3, 0.4) is 0 Å². The minimum atomic E-state index is -5.13. The first-order valence-electron chi connectivity index (χ1n) is 7.63. The summed E-state index contributed by atoms with van der Waals surface area (Å²) in [5.74, 6) is -1.44. The predicted molar refractivity (Wildman–Crippen MR) is 93.5 cm³/mol. The summed E-state index contributed by atoms with van der Waals surface area (Å²) in [5, 5.41) is 7.94. The maximum atomic E-state index is 13.1. The van der Waals surface area contributed by atoms with Crippen LogP contribution in [0.2, 0.25) is 0 Å². The summed E-state index contributed by atoms with van der Waals surface area (Å²) >= 11 is 4.95. The van der Waals surface area contributed by atoms with E-state index in [0.717, 1.165) is 24.3 Å². The molecular weight excluding hydrogens is 427 g/mol. The average Bonchev–Trinajstić information content (AvgIpc) is 2.83. The number of halogens is 7. The highest BCUT2D eigenvalue weighted by atomic mass is 32.1. The Morgan fingerprint density at radius 2 is 1.28 bits per heavy atom. The quantitative estimate of drug-likeness (QED) is 0.492. The molecular formula is C17H8F7N3OS. The summed E-state index contributed by atoms with van der Waals surface area (Å²) in [5.41, 5.74) is -4.12. The van der Waals surface area contributed by atoms with E-state index in [4.69, 9.17) is 17.6 Å². The third kappa shape index (κ3) is 3.79. The molecule has 0 unspecified atom stereocenters. The van der Waals surface area contributed by atoms with E-state index in [0.29, 0.717) is 21.9 Å². The largest absolute Gasteiger partial charge is 0.416 e. The zero-order chi connectivity index (χ0) is 21.7. The van der Waals surface area contributed by atoms with Crippen molar-refractivity contribution >= 4 is 40.4 Å². The van der Waals surface area contributed by atoms with Gasteiger partial charge in [0, 0.05) is 0 Å². The molecule has 2 aromatic rings. The van der Waals surface area contributed by atoms with Crippen LogP contribution < -0.4 is 9.80 Å². The number of rotatable bonds is 2. The number of benzene rings is 2. The zero-order valence-electron chi connectivity index (χ0n) is 13.9. The molecule has 0 atom stereocenters. The minimum Gasteiger partial charge on any atom is -0.281 e. The van der Waals surface area contributed by atoms with Crippen molar-refractivity contribution in [2.45, 2.75) is 12.4 Å². The molecule has 4 nitrogen and oxygen atoms in total. The van der Waals surface area contributed by atoms with Crippen LogP contribution in [0.4, 0.5) is 46.9 Å². The SMILES string of the molecule is N=C1C(=S)N(c2ccc(F)cc2)C(=O)N1c1cc(C(F)(F)F)cc(C(F)(F)F)c1. The molecule has 0 aliphatic carbocycles. The van der Waals surface area contributed by atoms with Crippen LogP contribution in [-0.2, 0) is 12.4 Å². The number of nitrogens with zero attached hydrogens (tertiary/aromatic N) is 2. The Morgan fingerprint density at radius 1 is 0.793 bits per heavy atom. The van der Waals surface area contributed by atoms with Crippen LogP contribution in [0.5, 0.6) is 0 Å². The lowest BCUT2D eigenvalue weighted by molar-refractivity contribution is -0.143. The van der Waals surface area contributed by atoms with E-state index in [-0.39, 0.29) is 11.8 Å². The molecule has 12 heteroatoms. The molecule has 0 spiro atoms. The van der Waals surface area contributed by atoms with Gasteiger partial charge in [-0.3, -0.25) is 5.41 Å². The second-order valence-corrected chi connectivity index (χ2v) is 6.23. The van der Waals surface area contributed by atoms with E-state index in [1.165, 1.54) is 0 Å². The van der Waals surface area contributed by atoms with Gasteiger partial charge in [-0.1, -0.05) is 12.2 Å². The van der Waals surface area contributed by atoms with Crippen LogP contribution in [0.25, 0.3) is 0 Å². The molecule has 1 aliphatic rings. The van der Waals surface area contributed by atoms with Gasteiger partial charge >= 0.3 is 18.4 Å². The van der Waals surface area contributed by atoms with Gasteiger partial charge in [0.05, 0.1) is 22.5 Å². The molecule has 0 radical (unpaired) electrons. The van der Waals surface area contributed by atoms with Crippen molar-refractivity contribution in [2.24, 2.45) is 0 Å². The normalized spacial score (nSPS) is 15.5. The van der Waals surface area contributed by atoms with Crippen LogP contribution in [0.15, 0.2) is 42.5 Å². The fraction of sp³-hybridized carbons (Fsp3) is 0.118. The highest BCUT2D eigenvalue weighted by Crippen LogP contribution is 2.39. The zero-order valence-corrected chi connectivity index (χ0v) is 14.7. The predicted octanol–water partition coefficient (Wildman–Crippen LogP) is 5.61. The number of amidine groups is 1. The van der Waals surface area contributed by atoms with Crippen molar-refractivity contribution in [1.82, 2.24) is 0 Å². The summed E-state index contributed by atoms with van der Waals surface area (Å²) in [6.07, 6.45) is -10.3. The molecule has 29 heavy (non-hydrogen) atoms. The number of nitrogens with one attached hydrogen (secondary N) is 1. The van der Waals surface area contributed by atoms with E-state index in [1.54, 1.807) is 0 Å². The standard InChI is InChI=1S/C17H8F7N3OS/c18-10-1-3-11(4-2-10)27-14(29)13(25)26(15(27)28)12-6-8(16(19,20)21)5-9(7-12)17(22,23)24/h1-7,25H. The topological polar surface area (TPSA) is 47.4 Å². The number of thiocarbonyl (C=S) groups is 1. The number of anilines is 2. The van der Waals surface area contributed by atoms with Gasteiger partial charge in [-0.05, 0) is 42.5 Å². The summed E-state index contributed by atoms with van der Waals surface area (Å²) < 4.78 is 91.6. The van der Waals surface area contributed by atoms with E-state index in [1.807, 2.05) is 0 Å². The van der Waals surface area contributed by atoms with Crippen molar-refractivity contribution in [1.29, 1.82) is 5.41 Å². The molecule has 1 saturated heterocycles. The number of carbonyl (C=O) groups excluding carboxylic acids is 1.